The van der Waals surface area contributed by atoms with Crippen molar-refractivity contribution in [2.75, 3.05) is 13.2 Å². The van der Waals surface area contributed by atoms with E-state index >= 15 is 0 Å². The van der Waals surface area contributed by atoms with E-state index in [4.69, 9.17) is 14.9 Å². The van der Waals surface area contributed by atoms with Crippen LogP contribution < -0.4 is 0 Å². The Morgan fingerprint density at radius 2 is 1.71 bits per heavy atom. The van der Waals surface area contributed by atoms with E-state index in [9.17, 15) is 15.3 Å². The average molecular weight is 208 g/mol. The van der Waals surface area contributed by atoms with E-state index in [0.29, 0.717) is 0 Å². The first-order valence-corrected chi connectivity index (χ1v) is 4.40. The Balaban J connectivity index is 2.84. The normalized spacial score (nSPS) is 49.3. The third kappa shape index (κ3) is 1.77. The van der Waals surface area contributed by atoms with Gasteiger partial charge in [-0.05, 0) is 6.92 Å². The van der Waals surface area contributed by atoms with Crippen molar-refractivity contribution in [1.82, 2.24) is 0 Å². The van der Waals surface area contributed by atoms with E-state index in [1.807, 2.05) is 0 Å². The molecule has 0 aromatic rings. The quantitative estimate of drug-likeness (QED) is 0.335. The molecule has 1 aliphatic rings. The smallest absolute Gasteiger partial charge is 0.117 e. The molecular formula is C8H16O6. The summed E-state index contributed by atoms with van der Waals surface area (Å²) in [5.41, 5.74) is -1.36. The standard InChI is InChI=1S/C8H16O6/c1-8(3-10)7(13)6(12)5(11)4(2-9)14-8/h4-7,9-13H,2-3H2,1H3. The number of hydrogen-bond acceptors (Lipinski definition) is 6. The molecule has 0 spiro atoms. The first kappa shape index (κ1) is 11.8. The largest absolute Gasteiger partial charge is 0.394 e. The van der Waals surface area contributed by atoms with Gasteiger partial charge in [0.05, 0.1) is 13.2 Å². The van der Waals surface area contributed by atoms with E-state index < -0.39 is 43.2 Å². The molecule has 5 N–H and O–H groups in total. The molecule has 6 nitrogen and oxygen atoms in total. The number of rotatable bonds is 2. The van der Waals surface area contributed by atoms with Crippen molar-refractivity contribution >= 4 is 0 Å². The van der Waals surface area contributed by atoms with Crippen LogP contribution in [0.5, 0.6) is 0 Å². The highest BCUT2D eigenvalue weighted by atomic mass is 16.6. The number of hydrogen-bond donors (Lipinski definition) is 5. The minimum Gasteiger partial charge on any atom is -0.394 e. The zero-order valence-electron chi connectivity index (χ0n) is 7.87. The van der Waals surface area contributed by atoms with Crippen molar-refractivity contribution in [1.29, 1.82) is 0 Å². The summed E-state index contributed by atoms with van der Waals surface area (Å²) in [5.74, 6) is 0. The third-order valence-corrected chi connectivity index (χ3v) is 2.59. The lowest BCUT2D eigenvalue weighted by Crippen LogP contribution is -2.65. The SMILES string of the molecule is CC1(CO)OC(CO)C(O)C(O)C1O. The Morgan fingerprint density at radius 3 is 2.14 bits per heavy atom. The monoisotopic (exact) mass is 208 g/mol. The van der Waals surface area contributed by atoms with Gasteiger partial charge in [0.15, 0.2) is 0 Å². The molecule has 0 amide bonds. The summed E-state index contributed by atoms with van der Waals surface area (Å²) in [5, 5.41) is 46.1. The maximum absolute atomic E-state index is 9.50. The summed E-state index contributed by atoms with van der Waals surface area (Å²) in [6.07, 6.45) is -5.16. The Hall–Kier alpha value is -0.240. The summed E-state index contributed by atoms with van der Waals surface area (Å²) < 4.78 is 5.11. The van der Waals surface area contributed by atoms with Crippen molar-refractivity contribution in [3.8, 4) is 0 Å². The van der Waals surface area contributed by atoms with Crippen molar-refractivity contribution in [2.45, 2.75) is 36.9 Å². The molecule has 6 heteroatoms. The van der Waals surface area contributed by atoms with Crippen molar-refractivity contribution in [3.05, 3.63) is 0 Å². The molecule has 0 aliphatic carbocycles. The predicted octanol–water partition coefficient (Wildman–Crippen LogP) is -2.79. The van der Waals surface area contributed by atoms with E-state index in [-0.39, 0.29) is 0 Å². The summed E-state index contributed by atoms with van der Waals surface area (Å²) >= 11 is 0. The van der Waals surface area contributed by atoms with Gasteiger partial charge in [0, 0.05) is 0 Å². The van der Waals surface area contributed by atoms with Crippen LogP contribution >= 0.6 is 0 Å². The van der Waals surface area contributed by atoms with Gasteiger partial charge in [0.1, 0.15) is 30.0 Å². The Bertz CT molecular complexity index is 196. The molecule has 5 atom stereocenters. The highest BCUT2D eigenvalue weighted by molar-refractivity contribution is 4.99. The fraction of sp³-hybridized carbons (Fsp3) is 1.00. The molecule has 0 bridgehead atoms. The van der Waals surface area contributed by atoms with Gasteiger partial charge in [0.2, 0.25) is 0 Å². The van der Waals surface area contributed by atoms with Gasteiger partial charge >= 0.3 is 0 Å². The predicted molar refractivity (Wildman–Crippen MR) is 45.5 cm³/mol. The Kier molecular flexibility index (Phi) is 3.46. The van der Waals surface area contributed by atoms with Crippen LogP contribution in [-0.2, 0) is 4.74 Å². The van der Waals surface area contributed by atoms with Gasteiger partial charge in [-0.1, -0.05) is 0 Å². The second-order valence-electron chi connectivity index (χ2n) is 3.74. The molecule has 0 saturated carbocycles. The second-order valence-corrected chi connectivity index (χ2v) is 3.74. The molecule has 0 radical (unpaired) electrons. The maximum atomic E-state index is 9.50. The fourth-order valence-corrected chi connectivity index (χ4v) is 1.53. The molecule has 0 aromatic heterocycles. The van der Waals surface area contributed by atoms with Crippen LogP contribution in [0.1, 0.15) is 6.92 Å². The molecule has 1 fully saturated rings. The second kappa shape index (κ2) is 4.09. The van der Waals surface area contributed by atoms with Crippen LogP contribution in [0.2, 0.25) is 0 Å². The summed E-state index contributed by atoms with van der Waals surface area (Å²) in [6.45, 7) is 0.407. The van der Waals surface area contributed by atoms with Gasteiger partial charge in [-0.3, -0.25) is 0 Å². The average Bonchev–Trinajstić information content (AvgIpc) is 2.20. The molecule has 5 unspecified atom stereocenters. The fourth-order valence-electron chi connectivity index (χ4n) is 1.53. The molecule has 1 aliphatic heterocycles. The minimum absolute atomic E-state index is 0.486. The summed E-state index contributed by atoms with van der Waals surface area (Å²) in [6, 6.07) is 0. The van der Waals surface area contributed by atoms with Crippen molar-refractivity contribution in [3.63, 3.8) is 0 Å². The van der Waals surface area contributed by atoms with Gasteiger partial charge in [0.25, 0.3) is 0 Å². The Morgan fingerprint density at radius 1 is 1.14 bits per heavy atom. The highest BCUT2D eigenvalue weighted by Crippen LogP contribution is 2.29. The zero-order valence-corrected chi connectivity index (χ0v) is 7.87. The minimum atomic E-state index is -1.43. The highest BCUT2D eigenvalue weighted by Gasteiger charge is 2.50. The lowest BCUT2D eigenvalue weighted by atomic mass is 9.87. The molecule has 14 heavy (non-hydrogen) atoms. The van der Waals surface area contributed by atoms with Crippen LogP contribution in [0, 0.1) is 0 Å². The van der Waals surface area contributed by atoms with Crippen LogP contribution in [0.3, 0.4) is 0 Å². The van der Waals surface area contributed by atoms with Gasteiger partial charge in [-0.2, -0.15) is 0 Å². The maximum Gasteiger partial charge on any atom is 0.117 e. The molecule has 1 rings (SSSR count). The van der Waals surface area contributed by atoms with E-state index in [2.05, 4.69) is 0 Å². The number of aliphatic hydroxyl groups is 5. The van der Waals surface area contributed by atoms with E-state index in [0.717, 1.165) is 0 Å². The summed E-state index contributed by atoms with van der Waals surface area (Å²) in [7, 11) is 0. The van der Waals surface area contributed by atoms with Gasteiger partial charge in [-0.25, -0.2) is 0 Å². The lowest BCUT2D eigenvalue weighted by molar-refractivity contribution is -0.276. The molecule has 1 saturated heterocycles. The Labute approximate surface area is 81.4 Å². The number of ether oxygens (including phenoxy) is 1. The van der Waals surface area contributed by atoms with Crippen LogP contribution in [-0.4, -0.2) is 68.8 Å². The summed E-state index contributed by atoms with van der Waals surface area (Å²) in [4.78, 5) is 0. The van der Waals surface area contributed by atoms with Crippen LogP contribution in [0.15, 0.2) is 0 Å². The first-order chi connectivity index (χ1) is 6.46. The first-order valence-electron chi connectivity index (χ1n) is 4.40. The topological polar surface area (TPSA) is 110 Å². The van der Waals surface area contributed by atoms with Gasteiger partial charge in [-0.15, -0.1) is 0 Å². The van der Waals surface area contributed by atoms with Crippen LogP contribution in [0.25, 0.3) is 0 Å². The number of aliphatic hydroxyl groups excluding tert-OH is 5. The lowest BCUT2D eigenvalue weighted by Gasteiger charge is -2.45. The van der Waals surface area contributed by atoms with Gasteiger partial charge < -0.3 is 30.3 Å². The van der Waals surface area contributed by atoms with E-state index in [1.54, 1.807) is 0 Å². The van der Waals surface area contributed by atoms with E-state index in [1.165, 1.54) is 6.92 Å². The third-order valence-electron chi connectivity index (χ3n) is 2.59. The van der Waals surface area contributed by atoms with Crippen LogP contribution in [0.4, 0.5) is 0 Å². The van der Waals surface area contributed by atoms with Crippen molar-refractivity contribution in [2.24, 2.45) is 0 Å². The molecular weight excluding hydrogens is 192 g/mol. The molecule has 0 aromatic carbocycles. The molecule has 84 valence electrons. The zero-order chi connectivity index (χ0) is 10.9. The van der Waals surface area contributed by atoms with Crippen molar-refractivity contribution < 1.29 is 30.3 Å². The molecule has 1 heterocycles.